The molecule has 0 saturated heterocycles. The predicted octanol–water partition coefficient (Wildman–Crippen LogP) is 4.39. The molecule has 2 atom stereocenters. The summed E-state index contributed by atoms with van der Waals surface area (Å²) in [6.07, 6.45) is 7.09. The average molecular weight is 626 g/mol. The highest BCUT2D eigenvalue weighted by Gasteiger charge is 2.52. The minimum atomic E-state index is -1.94. The highest BCUT2D eigenvalue weighted by molar-refractivity contribution is 6.07. The van der Waals surface area contributed by atoms with Gasteiger partial charge in [0.15, 0.2) is 5.60 Å². The van der Waals surface area contributed by atoms with E-state index in [-0.39, 0.29) is 24.3 Å². The fourth-order valence-electron chi connectivity index (χ4n) is 6.21. The molecule has 0 aliphatic carbocycles. The summed E-state index contributed by atoms with van der Waals surface area (Å²) < 4.78 is 2.61. The van der Waals surface area contributed by atoms with Gasteiger partial charge in [-0.2, -0.15) is 19.6 Å². The van der Waals surface area contributed by atoms with Gasteiger partial charge in [0.1, 0.15) is 0 Å². The molecule has 47 heavy (non-hydrogen) atoms. The third kappa shape index (κ3) is 5.04. The number of aliphatic hydroxyl groups is 2. The van der Waals surface area contributed by atoms with Gasteiger partial charge in [-0.3, -0.25) is 14.4 Å². The molecule has 2 aromatic heterocycles. The Bertz CT molecular complexity index is 2310. The van der Waals surface area contributed by atoms with Gasteiger partial charge in [0.05, 0.1) is 46.8 Å². The van der Waals surface area contributed by atoms with Crippen LogP contribution in [0.25, 0.3) is 32.9 Å². The van der Waals surface area contributed by atoms with Crippen molar-refractivity contribution in [1.82, 2.24) is 19.6 Å². The van der Waals surface area contributed by atoms with E-state index in [1.807, 2.05) is 42.5 Å². The lowest BCUT2D eigenvalue weighted by molar-refractivity contribution is -0.139. The number of nitrogens with zero attached hydrogens (tertiary/aromatic N) is 5. The van der Waals surface area contributed by atoms with E-state index in [9.17, 15) is 24.6 Å². The number of aliphatic hydroxyl groups excluding tert-OH is 1. The molecule has 234 valence electrons. The van der Waals surface area contributed by atoms with E-state index in [0.29, 0.717) is 45.2 Å². The van der Waals surface area contributed by atoms with Crippen LogP contribution in [0.5, 0.6) is 0 Å². The van der Waals surface area contributed by atoms with Crippen molar-refractivity contribution in [1.29, 1.82) is 0 Å². The Morgan fingerprint density at radius 2 is 1.36 bits per heavy atom. The summed E-state index contributed by atoms with van der Waals surface area (Å²) >= 11 is 0. The SMILES string of the molecule is C[C@H](/C=C/CCO)[C@@]1(O)C(=O)N(Cc2ccc(-n3ncc4ccccc4c3=O)cc2)c2ccc(-n3ncc4ccccc4c3=O)cc21. The summed E-state index contributed by atoms with van der Waals surface area (Å²) in [6, 6.07) is 26.7. The van der Waals surface area contributed by atoms with E-state index >= 15 is 0 Å². The van der Waals surface area contributed by atoms with Crippen molar-refractivity contribution < 1.29 is 15.0 Å². The molecule has 2 N–H and O–H groups in total. The number of rotatable bonds is 8. The van der Waals surface area contributed by atoms with Crippen LogP contribution in [-0.4, -0.2) is 42.3 Å². The van der Waals surface area contributed by atoms with Gasteiger partial charge in [-0.15, -0.1) is 0 Å². The fraction of sp³-hybridized carbons (Fsp3) is 0.162. The largest absolute Gasteiger partial charge is 0.396 e. The van der Waals surface area contributed by atoms with Crippen LogP contribution in [-0.2, 0) is 16.9 Å². The fourth-order valence-corrected chi connectivity index (χ4v) is 6.21. The number of aromatic nitrogens is 4. The molecule has 1 aliphatic rings. The minimum absolute atomic E-state index is 0.0597. The zero-order chi connectivity index (χ0) is 32.7. The zero-order valence-electron chi connectivity index (χ0n) is 25.5. The van der Waals surface area contributed by atoms with Crippen LogP contribution in [0.4, 0.5) is 5.69 Å². The van der Waals surface area contributed by atoms with Crippen LogP contribution in [0.3, 0.4) is 0 Å². The first-order chi connectivity index (χ1) is 22.8. The topological polar surface area (TPSA) is 131 Å². The molecule has 0 bridgehead atoms. The van der Waals surface area contributed by atoms with Crippen LogP contribution in [0.2, 0.25) is 0 Å². The molecule has 6 aromatic rings. The summed E-state index contributed by atoms with van der Waals surface area (Å²) in [6.45, 7) is 1.83. The highest BCUT2D eigenvalue weighted by Crippen LogP contribution is 2.46. The molecule has 0 radical (unpaired) electrons. The molecule has 0 unspecified atom stereocenters. The first kappa shape index (κ1) is 30.0. The Hall–Kier alpha value is -5.71. The van der Waals surface area contributed by atoms with E-state index in [2.05, 4.69) is 10.2 Å². The monoisotopic (exact) mass is 625 g/mol. The van der Waals surface area contributed by atoms with E-state index in [1.54, 1.807) is 80.0 Å². The maximum atomic E-state index is 14.2. The lowest BCUT2D eigenvalue weighted by atomic mass is 9.82. The van der Waals surface area contributed by atoms with E-state index in [0.717, 1.165) is 10.9 Å². The van der Waals surface area contributed by atoms with Crippen LogP contribution in [0.1, 0.15) is 24.5 Å². The first-order valence-corrected chi connectivity index (χ1v) is 15.3. The summed E-state index contributed by atoms with van der Waals surface area (Å²) in [5, 5.41) is 32.7. The normalized spacial score (nSPS) is 16.7. The highest BCUT2D eigenvalue weighted by atomic mass is 16.3. The zero-order valence-corrected chi connectivity index (χ0v) is 25.5. The molecule has 1 aliphatic heterocycles. The van der Waals surface area contributed by atoms with Gasteiger partial charge in [0.2, 0.25) is 0 Å². The van der Waals surface area contributed by atoms with Crippen LogP contribution in [0, 0.1) is 5.92 Å². The number of fused-ring (bicyclic) bond motifs is 3. The second-order valence-corrected chi connectivity index (χ2v) is 11.7. The van der Waals surface area contributed by atoms with Crippen molar-refractivity contribution in [2.45, 2.75) is 25.5 Å². The summed E-state index contributed by atoms with van der Waals surface area (Å²) in [5.41, 5.74) is 0.130. The minimum Gasteiger partial charge on any atom is -0.396 e. The summed E-state index contributed by atoms with van der Waals surface area (Å²) in [7, 11) is 0. The summed E-state index contributed by atoms with van der Waals surface area (Å²) in [4.78, 5) is 42.2. The van der Waals surface area contributed by atoms with Crippen molar-refractivity contribution in [3.63, 3.8) is 0 Å². The maximum absolute atomic E-state index is 14.2. The number of carbonyl (C=O) groups excluding carboxylic acids is 1. The van der Waals surface area contributed by atoms with Gasteiger partial charge in [0, 0.05) is 28.9 Å². The van der Waals surface area contributed by atoms with Gasteiger partial charge < -0.3 is 15.1 Å². The van der Waals surface area contributed by atoms with Crippen molar-refractivity contribution >= 4 is 33.1 Å². The Kier molecular flexibility index (Phi) is 7.59. The number of hydrogen-bond donors (Lipinski definition) is 2. The van der Waals surface area contributed by atoms with Gasteiger partial charge in [-0.1, -0.05) is 67.6 Å². The Labute approximate surface area is 269 Å². The average Bonchev–Trinajstić information content (AvgIpc) is 3.31. The number of carbonyl (C=O) groups is 1. The number of benzene rings is 4. The van der Waals surface area contributed by atoms with Crippen LogP contribution >= 0.6 is 0 Å². The smallest absolute Gasteiger partial charge is 0.279 e. The third-order valence-corrected chi connectivity index (χ3v) is 8.79. The van der Waals surface area contributed by atoms with Crippen molar-refractivity contribution in [2.75, 3.05) is 11.5 Å². The first-order valence-electron chi connectivity index (χ1n) is 15.3. The summed E-state index contributed by atoms with van der Waals surface area (Å²) in [5.74, 6) is -1.17. The molecular weight excluding hydrogens is 594 g/mol. The van der Waals surface area contributed by atoms with E-state index in [1.165, 1.54) is 14.3 Å². The van der Waals surface area contributed by atoms with Crippen molar-refractivity contribution in [2.24, 2.45) is 5.92 Å². The van der Waals surface area contributed by atoms with Crippen LogP contribution < -0.4 is 16.0 Å². The Morgan fingerprint density at radius 1 is 0.787 bits per heavy atom. The van der Waals surface area contributed by atoms with Gasteiger partial charge in [-0.25, -0.2) is 0 Å². The Morgan fingerprint density at radius 3 is 1.98 bits per heavy atom. The molecule has 4 aromatic carbocycles. The predicted molar refractivity (Wildman–Crippen MR) is 180 cm³/mol. The standard InChI is InChI=1S/C37H31N5O5/c1-24(8-6-7-19-43)37(47)32-20-29(42-35(45)31-12-5-3-10-27(31)22-39-42)17-18-33(32)40(36(37)46)23-25-13-15-28(16-14-25)41-34(44)30-11-4-2-9-26(30)21-38-41/h2-6,8-18,20-22,24,43,47H,7,19,23H2,1H3/b8-6+/t24-,37+/m1/s1. The number of amides is 1. The lowest BCUT2D eigenvalue weighted by Gasteiger charge is -2.28. The number of anilines is 1. The maximum Gasteiger partial charge on any atom is 0.279 e. The molecule has 1 amide bonds. The molecule has 10 heteroatoms. The van der Waals surface area contributed by atoms with Gasteiger partial charge >= 0.3 is 0 Å². The molecule has 3 heterocycles. The second kappa shape index (κ2) is 11.9. The molecule has 0 spiro atoms. The molecule has 0 saturated carbocycles. The molecule has 7 rings (SSSR count). The second-order valence-electron chi connectivity index (χ2n) is 11.7. The number of hydrogen-bond acceptors (Lipinski definition) is 7. The molecular formula is C37H31N5O5. The lowest BCUT2D eigenvalue weighted by Crippen LogP contribution is -2.44. The third-order valence-electron chi connectivity index (χ3n) is 8.79. The molecule has 0 fully saturated rings. The Balaban J connectivity index is 1.26. The quantitative estimate of drug-likeness (QED) is 0.240. The van der Waals surface area contributed by atoms with Crippen molar-refractivity contribution in [3.8, 4) is 11.4 Å². The van der Waals surface area contributed by atoms with Gasteiger partial charge in [0.25, 0.3) is 17.0 Å². The van der Waals surface area contributed by atoms with E-state index < -0.39 is 17.4 Å². The molecule has 10 nitrogen and oxygen atoms in total. The van der Waals surface area contributed by atoms with Gasteiger partial charge in [-0.05, 0) is 54.4 Å². The van der Waals surface area contributed by atoms with Crippen molar-refractivity contribution in [3.05, 3.63) is 147 Å². The van der Waals surface area contributed by atoms with Crippen LogP contribution in [0.15, 0.2) is 125 Å². The van der Waals surface area contributed by atoms with E-state index in [4.69, 9.17) is 0 Å².